The highest BCUT2D eigenvalue weighted by molar-refractivity contribution is 5.29. The molecule has 1 N–H and O–H groups in total. The number of halogens is 2. The lowest BCUT2D eigenvalue weighted by Gasteiger charge is -2.06. The zero-order valence-corrected chi connectivity index (χ0v) is 8.35. The van der Waals surface area contributed by atoms with Crippen LogP contribution in [0.2, 0.25) is 0 Å². The zero-order chi connectivity index (χ0) is 10.7. The van der Waals surface area contributed by atoms with Gasteiger partial charge in [0, 0.05) is 0 Å². The molecule has 0 aliphatic rings. The maximum atomic E-state index is 13.2. The van der Waals surface area contributed by atoms with Crippen LogP contribution in [-0.4, -0.2) is 5.11 Å². The number of aromatic hydroxyl groups is 1. The van der Waals surface area contributed by atoms with E-state index in [1.807, 2.05) is 13.8 Å². The van der Waals surface area contributed by atoms with Crippen LogP contribution in [0.15, 0.2) is 12.1 Å². The summed E-state index contributed by atoms with van der Waals surface area (Å²) in [5, 5.41) is 8.89. The van der Waals surface area contributed by atoms with Crippen LogP contribution in [0.5, 0.6) is 5.75 Å². The molecule has 3 heteroatoms. The molecule has 0 unspecified atom stereocenters. The molecular formula is C11H14F2O. The predicted molar refractivity (Wildman–Crippen MR) is 51.2 cm³/mol. The van der Waals surface area contributed by atoms with Crippen molar-refractivity contribution in [2.75, 3.05) is 0 Å². The van der Waals surface area contributed by atoms with Crippen molar-refractivity contribution < 1.29 is 13.9 Å². The van der Waals surface area contributed by atoms with Crippen LogP contribution in [0.3, 0.4) is 0 Å². The predicted octanol–water partition coefficient (Wildman–Crippen LogP) is 3.26. The summed E-state index contributed by atoms with van der Waals surface area (Å²) in [6.07, 6.45) is 1.31. The lowest BCUT2D eigenvalue weighted by Crippen LogP contribution is -1.97. The third-order valence-electron chi connectivity index (χ3n) is 2.13. The van der Waals surface area contributed by atoms with E-state index in [0.717, 1.165) is 6.42 Å². The Morgan fingerprint density at radius 1 is 1.21 bits per heavy atom. The number of aryl methyl sites for hydroxylation is 1. The maximum absolute atomic E-state index is 13.2. The van der Waals surface area contributed by atoms with Crippen molar-refractivity contribution in [2.45, 2.75) is 26.7 Å². The van der Waals surface area contributed by atoms with Gasteiger partial charge in [0.15, 0.2) is 11.6 Å². The van der Waals surface area contributed by atoms with Gasteiger partial charge in [-0.3, -0.25) is 0 Å². The van der Waals surface area contributed by atoms with Crippen LogP contribution in [-0.2, 0) is 6.42 Å². The Hall–Kier alpha value is -1.12. The Bertz CT molecular complexity index is 321. The SMILES string of the molecule is CC(C)CCc1ccc(O)c(F)c1F. The molecule has 0 radical (unpaired) electrons. The van der Waals surface area contributed by atoms with Crippen molar-refractivity contribution in [1.82, 2.24) is 0 Å². The van der Waals surface area contributed by atoms with Gasteiger partial charge in [-0.2, -0.15) is 4.39 Å². The van der Waals surface area contributed by atoms with E-state index in [-0.39, 0.29) is 0 Å². The first-order valence-corrected chi connectivity index (χ1v) is 4.68. The standard InChI is InChI=1S/C11H14F2O/c1-7(2)3-4-8-5-6-9(14)11(13)10(8)12/h5-7,14H,3-4H2,1-2H3. The highest BCUT2D eigenvalue weighted by Crippen LogP contribution is 2.22. The van der Waals surface area contributed by atoms with Crippen LogP contribution >= 0.6 is 0 Å². The summed E-state index contributed by atoms with van der Waals surface area (Å²) < 4.78 is 26.1. The van der Waals surface area contributed by atoms with E-state index >= 15 is 0 Å². The minimum absolute atomic E-state index is 0.328. The summed E-state index contributed by atoms with van der Waals surface area (Å²) in [5.74, 6) is -2.25. The molecular weight excluding hydrogens is 186 g/mol. The van der Waals surface area contributed by atoms with E-state index in [9.17, 15) is 8.78 Å². The molecule has 78 valence electrons. The number of phenols is 1. The van der Waals surface area contributed by atoms with Gasteiger partial charge in [-0.25, -0.2) is 4.39 Å². The van der Waals surface area contributed by atoms with Crippen molar-refractivity contribution in [3.63, 3.8) is 0 Å². The monoisotopic (exact) mass is 200 g/mol. The normalized spacial score (nSPS) is 10.9. The van der Waals surface area contributed by atoms with E-state index in [4.69, 9.17) is 5.11 Å². The third kappa shape index (κ3) is 2.44. The second-order valence-corrected chi connectivity index (χ2v) is 3.80. The van der Waals surface area contributed by atoms with Gasteiger partial charge in [0.1, 0.15) is 0 Å². The van der Waals surface area contributed by atoms with E-state index in [1.54, 1.807) is 0 Å². The molecule has 1 aromatic carbocycles. The van der Waals surface area contributed by atoms with Gasteiger partial charge in [0.2, 0.25) is 5.82 Å². The molecule has 0 heterocycles. The Balaban J connectivity index is 2.83. The molecule has 1 aromatic rings. The smallest absolute Gasteiger partial charge is 0.200 e. The number of rotatable bonds is 3. The highest BCUT2D eigenvalue weighted by atomic mass is 19.2. The maximum Gasteiger partial charge on any atom is 0.200 e. The van der Waals surface area contributed by atoms with Crippen molar-refractivity contribution in [1.29, 1.82) is 0 Å². The Morgan fingerprint density at radius 3 is 2.43 bits per heavy atom. The molecule has 0 saturated heterocycles. The lowest BCUT2D eigenvalue weighted by molar-refractivity contribution is 0.402. The van der Waals surface area contributed by atoms with Crippen LogP contribution in [0.25, 0.3) is 0 Å². The molecule has 0 fully saturated rings. The van der Waals surface area contributed by atoms with Crippen LogP contribution in [0, 0.1) is 17.6 Å². The fourth-order valence-electron chi connectivity index (χ4n) is 1.22. The summed E-state index contributed by atoms with van der Waals surface area (Å²) in [4.78, 5) is 0. The largest absolute Gasteiger partial charge is 0.505 e. The summed E-state index contributed by atoms with van der Waals surface area (Å²) in [6.45, 7) is 4.04. The van der Waals surface area contributed by atoms with Gasteiger partial charge >= 0.3 is 0 Å². The highest BCUT2D eigenvalue weighted by Gasteiger charge is 2.12. The molecule has 0 bridgehead atoms. The molecule has 0 aromatic heterocycles. The van der Waals surface area contributed by atoms with Gasteiger partial charge in [0.05, 0.1) is 0 Å². The summed E-state index contributed by atoms with van der Waals surface area (Å²) in [6, 6.07) is 2.62. The Morgan fingerprint density at radius 2 is 1.86 bits per heavy atom. The molecule has 0 spiro atoms. The second kappa shape index (κ2) is 4.40. The lowest BCUT2D eigenvalue weighted by atomic mass is 10.0. The Labute approximate surface area is 82.4 Å². The molecule has 0 amide bonds. The van der Waals surface area contributed by atoms with E-state index < -0.39 is 17.4 Å². The van der Waals surface area contributed by atoms with Crippen molar-refractivity contribution in [3.05, 3.63) is 29.3 Å². The molecule has 14 heavy (non-hydrogen) atoms. The minimum atomic E-state index is -1.15. The van der Waals surface area contributed by atoms with E-state index in [2.05, 4.69) is 0 Å². The van der Waals surface area contributed by atoms with Crippen molar-refractivity contribution in [2.24, 2.45) is 5.92 Å². The average Bonchev–Trinajstić information content (AvgIpc) is 2.13. The zero-order valence-electron chi connectivity index (χ0n) is 8.35. The molecule has 1 rings (SSSR count). The van der Waals surface area contributed by atoms with Gasteiger partial charge in [-0.05, 0) is 30.4 Å². The average molecular weight is 200 g/mol. The first-order chi connectivity index (χ1) is 6.52. The molecule has 0 saturated carbocycles. The number of phenolic OH excluding ortho intramolecular Hbond substituents is 1. The molecule has 0 aliphatic heterocycles. The van der Waals surface area contributed by atoms with E-state index in [1.165, 1.54) is 12.1 Å². The third-order valence-corrected chi connectivity index (χ3v) is 2.13. The quantitative estimate of drug-likeness (QED) is 0.794. The van der Waals surface area contributed by atoms with Crippen molar-refractivity contribution in [3.8, 4) is 5.75 Å². The number of benzene rings is 1. The fraction of sp³-hybridized carbons (Fsp3) is 0.455. The second-order valence-electron chi connectivity index (χ2n) is 3.80. The van der Waals surface area contributed by atoms with Crippen LogP contribution in [0.4, 0.5) is 8.78 Å². The number of hydrogen-bond acceptors (Lipinski definition) is 1. The van der Waals surface area contributed by atoms with Crippen LogP contribution in [0.1, 0.15) is 25.8 Å². The fourth-order valence-corrected chi connectivity index (χ4v) is 1.22. The van der Waals surface area contributed by atoms with Gasteiger partial charge in [-0.1, -0.05) is 19.9 Å². The van der Waals surface area contributed by atoms with E-state index in [0.29, 0.717) is 17.9 Å². The first-order valence-electron chi connectivity index (χ1n) is 4.68. The minimum Gasteiger partial charge on any atom is -0.505 e. The summed E-state index contributed by atoms with van der Waals surface area (Å²) in [7, 11) is 0. The number of hydrogen-bond donors (Lipinski definition) is 1. The Kier molecular flexibility index (Phi) is 3.44. The van der Waals surface area contributed by atoms with Gasteiger partial charge < -0.3 is 5.11 Å². The molecule has 0 atom stereocenters. The first kappa shape index (κ1) is 11.0. The van der Waals surface area contributed by atoms with Gasteiger partial charge in [0.25, 0.3) is 0 Å². The summed E-state index contributed by atoms with van der Waals surface area (Å²) >= 11 is 0. The molecule has 0 aliphatic carbocycles. The summed E-state index contributed by atoms with van der Waals surface area (Å²) in [5.41, 5.74) is 0.328. The molecule has 1 nitrogen and oxygen atoms in total. The van der Waals surface area contributed by atoms with Crippen molar-refractivity contribution >= 4 is 0 Å². The topological polar surface area (TPSA) is 20.2 Å². The van der Waals surface area contributed by atoms with Crippen LogP contribution < -0.4 is 0 Å². The van der Waals surface area contributed by atoms with Gasteiger partial charge in [-0.15, -0.1) is 0 Å².